The summed E-state index contributed by atoms with van der Waals surface area (Å²) in [5.41, 5.74) is 2.06. The van der Waals surface area contributed by atoms with Crippen LogP contribution in [0, 0.1) is 17.8 Å². The molecule has 230 valence electrons. The van der Waals surface area contributed by atoms with Gasteiger partial charge in [-0.2, -0.15) is 0 Å². The molecule has 0 saturated carbocycles. The Balaban J connectivity index is 1.25. The summed E-state index contributed by atoms with van der Waals surface area (Å²) in [5.74, 6) is -1.13. The van der Waals surface area contributed by atoms with Crippen LogP contribution in [0.15, 0.2) is 28.9 Å². The first kappa shape index (κ1) is 29.0. The lowest BCUT2D eigenvalue weighted by molar-refractivity contribution is -0.212. The molecule has 1 aromatic heterocycles. The molecule has 6 atom stereocenters. The van der Waals surface area contributed by atoms with Gasteiger partial charge in [0.2, 0.25) is 17.5 Å². The molecule has 5 aliphatic rings. The largest absolute Gasteiger partial charge is 0.349 e. The predicted octanol–water partition coefficient (Wildman–Crippen LogP) is 4.26. The monoisotopic (exact) mass is 651 g/mol. The number of benzene rings is 1. The van der Waals surface area contributed by atoms with Crippen molar-refractivity contribution in [3.05, 3.63) is 40.0 Å². The van der Waals surface area contributed by atoms with Crippen molar-refractivity contribution >= 4 is 50.1 Å². The quantitative estimate of drug-likeness (QED) is 0.504. The lowest BCUT2D eigenvalue weighted by atomic mass is 9.79. The molecule has 9 nitrogen and oxygen atoms in total. The molecule has 7 rings (SSSR count). The number of hydrogen-bond donors (Lipinski definition) is 2. The average Bonchev–Trinajstić information content (AvgIpc) is 3.63. The molecule has 0 unspecified atom stereocenters. The molecule has 5 heterocycles. The van der Waals surface area contributed by atoms with E-state index in [1.54, 1.807) is 4.90 Å². The van der Waals surface area contributed by atoms with E-state index < -0.39 is 23.4 Å². The van der Waals surface area contributed by atoms with Gasteiger partial charge in [-0.15, -0.1) is 0 Å². The number of carbonyl (C=O) groups is 3. The maximum absolute atomic E-state index is 14.6. The van der Waals surface area contributed by atoms with E-state index in [0.29, 0.717) is 19.5 Å². The predicted molar refractivity (Wildman–Crippen MR) is 168 cm³/mol. The highest BCUT2D eigenvalue weighted by Crippen LogP contribution is 2.50. The minimum atomic E-state index is -1.56. The number of ether oxygens (including phenoxy) is 1. The first-order chi connectivity index (χ1) is 20.4. The van der Waals surface area contributed by atoms with Crippen LogP contribution in [0.25, 0.3) is 16.5 Å². The summed E-state index contributed by atoms with van der Waals surface area (Å²) in [7, 11) is 2.07. The fraction of sp³-hybridized carbons (Fsp3) is 0.606. The summed E-state index contributed by atoms with van der Waals surface area (Å²) in [4.78, 5) is 51.9. The van der Waals surface area contributed by atoms with E-state index in [1.807, 2.05) is 31.7 Å². The van der Waals surface area contributed by atoms with Gasteiger partial charge in [0.25, 0.3) is 5.91 Å². The number of nitrogens with zero attached hydrogens (tertiary/aromatic N) is 3. The van der Waals surface area contributed by atoms with Crippen molar-refractivity contribution in [3.8, 4) is 0 Å². The maximum atomic E-state index is 14.6. The molecule has 3 amide bonds. The normalized spacial score (nSPS) is 33.7. The zero-order chi connectivity index (χ0) is 30.6. The van der Waals surface area contributed by atoms with Gasteiger partial charge in [0.15, 0.2) is 5.72 Å². The van der Waals surface area contributed by atoms with E-state index in [2.05, 4.69) is 70.2 Å². The molecule has 2 N–H and O–H groups in total. The number of aromatic nitrogens is 1. The number of carbonyl (C=O) groups excluding carboxylic acids is 3. The standard InChI is InChI=1S/C33H42BrN5O4/c1-17(2)13-25-30(41)38-12-8-11-26(38)32(5)39(25)31(42)33(43-32,18(3)4)36-29(40)19-14-21-20-9-7-10-23-27(20)22(28(34)35-23)15-24(21)37(6)16-19/h7,9-10,14,17-19,24-26,35H,8,11-13,15-16H2,1-6H3,(H,36,40)/t19-,24-,25+,26+,32+,33-/m1/s1. The third-order valence-corrected chi connectivity index (χ3v) is 11.3. The van der Waals surface area contributed by atoms with Crippen molar-refractivity contribution in [1.82, 2.24) is 25.0 Å². The van der Waals surface area contributed by atoms with E-state index in [4.69, 9.17) is 4.74 Å². The lowest BCUT2D eigenvalue weighted by Crippen LogP contribution is -2.70. The van der Waals surface area contributed by atoms with Crippen LogP contribution in [0.2, 0.25) is 0 Å². The summed E-state index contributed by atoms with van der Waals surface area (Å²) < 4.78 is 7.90. The van der Waals surface area contributed by atoms with Crippen LogP contribution in [0.5, 0.6) is 0 Å². The van der Waals surface area contributed by atoms with Gasteiger partial charge in [-0.1, -0.05) is 45.9 Å². The van der Waals surface area contributed by atoms with Crippen LogP contribution in [-0.4, -0.2) is 87.1 Å². The summed E-state index contributed by atoms with van der Waals surface area (Å²) in [6.45, 7) is 11.1. The Hall–Kier alpha value is -2.69. The molecule has 0 bridgehead atoms. The van der Waals surface area contributed by atoms with Crippen molar-refractivity contribution in [2.45, 2.75) is 89.9 Å². The van der Waals surface area contributed by atoms with E-state index >= 15 is 0 Å². The highest BCUT2D eigenvalue weighted by Gasteiger charge is 2.70. The summed E-state index contributed by atoms with van der Waals surface area (Å²) in [6.07, 6.45) is 5.15. The van der Waals surface area contributed by atoms with Crippen LogP contribution >= 0.6 is 15.9 Å². The van der Waals surface area contributed by atoms with Crippen molar-refractivity contribution in [3.63, 3.8) is 0 Å². The highest BCUT2D eigenvalue weighted by molar-refractivity contribution is 9.10. The average molecular weight is 653 g/mol. The van der Waals surface area contributed by atoms with E-state index in [1.165, 1.54) is 10.9 Å². The third kappa shape index (κ3) is 4.05. The number of halogens is 1. The number of nitrogens with one attached hydrogen (secondary N) is 2. The van der Waals surface area contributed by atoms with Gasteiger partial charge in [0.05, 0.1) is 16.6 Å². The number of fused-ring (bicyclic) bond motifs is 5. The van der Waals surface area contributed by atoms with Gasteiger partial charge in [0, 0.05) is 36.0 Å². The third-order valence-electron chi connectivity index (χ3n) is 10.6. The van der Waals surface area contributed by atoms with Crippen molar-refractivity contribution in [2.75, 3.05) is 20.1 Å². The Bertz CT molecular complexity index is 1570. The van der Waals surface area contributed by atoms with Gasteiger partial charge < -0.3 is 19.9 Å². The smallest absolute Gasteiger partial charge is 0.279 e. The van der Waals surface area contributed by atoms with Gasteiger partial charge in [0.1, 0.15) is 6.04 Å². The number of H-pyrrole nitrogens is 1. The van der Waals surface area contributed by atoms with Crippen LogP contribution in [-0.2, 0) is 25.5 Å². The minimum absolute atomic E-state index is 0.00317. The first-order valence-corrected chi connectivity index (χ1v) is 16.5. The molecule has 0 spiro atoms. The van der Waals surface area contributed by atoms with Crippen molar-refractivity contribution in [2.24, 2.45) is 17.8 Å². The van der Waals surface area contributed by atoms with Crippen LogP contribution in [0.3, 0.4) is 0 Å². The fourth-order valence-electron chi connectivity index (χ4n) is 8.54. The second kappa shape index (κ2) is 9.91. The number of amides is 3. The van der Waals surface area contributed by atoms with E-state index in [0.717, 1.165) is 40.5 Å². The first-order valence-electron chi connectivity index (χ1n) is 15.7. The number of aromatic amines is 1. The highest BCUT2D eigenvalue weighted by atomic mass is 79.9. The molecular formula is C33H42BrN5O4. The number of rotatable bonds is 5. The summed E-state index contributed by atoms with van der Waals surface area (Å²) >= 11 is 3.72. The molecular weight excluding hydrogens is 610 g/mol. The number of piperazine rings is 1. The Morgan fingerprint density at radius 3 is 2.72 bits per heavy atom. The van der Waals surface area contributed by atoms with Crippen LogP contribution in [0.4, 0.5) is 0 Å². The number of likely N-dealkylation sites (N-methyl/N-ethyl adjacent to an activating group) is 1. The molecule has 1 aromatic carbocycles. The zero-order valence-corrected chi connectivity index (χ0v) is 27.5. The molecule has 0 radical (unpaired) electrons. The molecule has 43 heavy (non-hydrogen) atoms. The Morgan fingerprint density at radius 2 is 2.00 bits per heavy atom. The van der Waals surface area contributed by atoms with Crippen molar-refractivity contribution < 1.29 is 19.1 Å². The zero-order valence-electron chi connectivity index (χ0n) is 25.9. The minimum Gasteiger partial charge on any atom is -0.349 e. The van der Waals surface area contributed by atoms with Crippen LogP contribution in [0.1, 0.15) is 65.0 Å². The Labute approximate surface area is 261 Å². The summed E-state index contributed by atoms with van der Waals surface area (Å²) in [5, 5.41) is 4.36. The molecule has 2 aromatic rings. The van der Waals surface area contributed by atoms with Gasteiger partial charge in [-0.3, -0.25) is 24.2 Å². The molecule has 3 saturated heterocycles. The Kier molecular flexibility index (Phi) is 6.69. The molecule has 4 aliphatic heterocycles. The van der Waals surface area contributed by atoms with Gasteiger partial charge in [-0.05, 0) is 84.3 Å². The second-order valence-electron chi connectivity index (χ2n) is 14.1. The van der Waals surface area contributed by atoms with Gasteiger partial charge >= 0.3 is 0 Å². The molecule has 1 aliphatic carbocycles. The maximum Gasteiger partial charge on any atom is 0.279 e. The topological polar surface area (TPSA) is 98.0 Å². The summed E-state index contributed by atoms with van der Waals surface area (Å²) in [6, 6.07) is 5.58. The SMILES string of the molecule is CC(C)C[C@H]1C(=O)N2CCC[C@H]2[C@]2(C)O[C@](NC(=O)[C@@H]3C=C4c5cccc6[nH]c(Br)c(c56)C[C@H]4N(C)C3)(C(C)C)C(=O)N12. The van der Waals surface area contributed by atoms with E-state index in [-0.39, 0.29) is 41.6 Å². The lowest BCUT2D eigenvalue weighted by Gasteiger charge is -2.51. The van der Waals surface area contributed by atoms with Gasteiger partial charge in [-0.25, -0.2) is 0 Å². The second-order valence-corrected chi connectivity index (χ2v) is 14.9. The van der Waals surface area contributed by atoms with E-state index in [9.17, 15) is 14.4 Å². The molecule has 3 fully saturated rings. The fourth-order valence-corrected chi connectivity index (χ4v) is 9.12. The van der Waals surface area contributed by atoms with Crippen molar-refractivity contribution in [1.29, 1.82) is 0 Å². The Morgan fingerprint density at radius 1 is 1.23 bits per heavy atom. The molecule has 10 heteroatoms. The van der Waals surface area contributed by atoms with Crippen LogP contribution < -0.4 is 5.32 Å². The number of hydrogen-bond acceptors (Lipinski definition) is 5.